The van der Waals surface area contributed by atoms with Crippen molar-refractivity contribution in [3.8, 4) is 0 Å². The van der Waals surface area contributed by atoms with Crippen LogP contribution in [0.15, 0.2) is 15.8 Å². The third kappa shape index (κ3) is 3.52. The highest BCUT2D eigenvalue weighted by Crippen LogP contribution is 2.33. The van der Waals surface area contributed by atoms with Gasteiger partial charge in [-0.25, -0.2) is 9.18 Å². The molecule has 1 unspecified atom stereocenters. The maximum atomic E-state index is 14.8. The van der Waals surface area contributed by atoms with E-state index in [0.717, 1.165) is 16.1 Å². The minimum Gasteiger partial charge on any atom is -0.394 e. The van der Waals surface area contributed by atoms with Crippen molar-refractivity contribution < 1.29 is 19.4 Å². The van der Waals surface area contributed by atoms with Crippen LogP contribution in [0.25, 0.3) is 0 Å². The summed E-state index contributed by atoms with van der Waals surface area (Å²) in [6.45, 7) is 3.15. The van der Waals surface area contributed by atoms with E-state index in [4.69, 9.17) is 4.74 Å². The number of aliphatic hydroxyl groups excluding tert-OH is 1. The van der Waals surface area contributed by atoms with E-state index in [-0.39, 0.29) is 12.1 Å². The second kappa shape index (κ2) is 7.35. The van der Waals surface area contributed by atoms with E-state index in [9.17, 15) is 24.3 Å². The van der Waals surface area contributed by atoms with Crippen LogP contribution >= 0.6 is 0 Å². The number of hydrogen-bond acceptors (Lipinski definition) is 6. The number of hydroxylamine groups is 2. The molecule has 1 aliphatic heterocycles. The predicted molar refractivity (Wildman–Crippen MR) is 79.1 cm³/mol. The molecule has 2 heterocycles. The first-order valence-electron chi connectivity index (χ1n) is 7.58. The van der Waals surface area contributed by atoms with Gasteiger partial charge in [-0.15, -0.1) is 0 Å². The molecule has 0 amide bonds. The van der Waals surface area contributed by atoms with Crippen molar-refractivity contribution >= 4 is 0 Å². The van der Waals surface area contributed by atoms with E-state index in [1.807, 2.05) is 6.92 Å². The molecule has 1 saturated heterocycles. The van der Waals surface area contributed by atoms with Crippen LogP contribution in [-0.4, -0.2) is 56.4 Å². The summed E-state index contributed by atoms with van der Waals surface area (Å²) < 4.78 is 21.1. The number of ether oxygens (including phenoxy) is 1. The Labute approximate surface area is 132 Å². The topological polar surface area (TPSA) is 108 Å². The van der Waals surface area contributed by atoms with Crippen molar-refractivity contribution in [3.63, 3.8) is 0 Å². The molecule has 2 rings (SSSR count). The number of aryl methyl sites for hydroxylation is 1. The highest BCUT2D eigenvalue weighted by molar-refractivity contribution is 5.04. The summed E-state index contributed by atoms with van der Waals surface area (Å²) in [5.74, 6) is 0. The molecule has 8 nitrogen and oxygen atoms in total. The van der Waals surface area contributed by atoms with Gasteiger partial charge in [0.15, 0.2) is 12.4 Å². The second-order valence-corrected chi connectivity index (χ2v) is 5.68. The Hall–Kier alpha value is -1.55. The number of rotatable bonds is 6. The SMILES string of the molecule is CCCCN(O)[C@@H]1[C@H](F)C(n2cc(C)c(=O)[nH]c2=O)O[C@@H]1CO. The maximum absolute atomic E-state index is 14.8. The Balaban J connectivity index is 2.30. The fraction of sp³-hybridized carbons (Fsp3) is 0.714. The number of alkyl halides is 1. The molecular formula is C14H22FN3O5. The van der Waals surface area contributed by atoms with Crippen LogP contribution in [-0.2, 0) is 4.74 Å². The third-order valence-electron chi connectivity index (χ3n) is 3.98. The van der Waals surface area contributed by atoms with Gasteiger partial charge in [0.05, 0.1) is 12.6 Å². The van der Waals surface area contributed by atoms with E-state index in [2.05, 4.69) is 4.98 Å². The third-order valence-corrected chi connectivity index (χ3v) is 3.98. The number of hydrogen-bond donors (Lipinski definition) is 3. The Morgan fingerprint density at radius 2 is 2.17 bits per heavy atom. The summed E-state index contributed by atoms with van der Waals surface area (Å²) in [7, 11) is 0. The quantitative estimate of drug-likeness (QED) is 0.630. The van der Waals surface area contributed by atoms with E-state index in [1.54, 1.807) is 0 Å². The maximum Gasteiger partial charge on any atom is 0.330 e. The van der Waals surface area contributed by atoms with Crippen LogP contribution < -0.4 is 11.2 Å². The van der Waals surface area contributed by atoms with Crippen LogP contribution in [0.1, 0.15) is 31.6 Å². The van der Waals surface area contributed by atoms with Crippen LogP contribution in [0.4, 0.5) is 4.39 Å². The zero-order chi connectivity index (χ0) is 17.1. The van der Waals surface area contributed by atoms with E-state index in [0.29, 0.717) is 6.42 Å². The van der Waals surface area contributed by atoms with Crippen LogP contribution in [0, 0.1) is 6.92 Å². The van der Waals surface area contributed by atoms with Crippen molar-refractivity contribution in [1.29, 1.82) is 0 Å². The minimum atomic E-state index is -1.74. The van der Waals surface area contributed by atoms with E-state index < -0.39 is 42.4 Å². The molecule has 1 aromatic rings. The zero-order valence-corrected chi connectivity index (χ0v) is 13.1. The van der Waals surface area contributed by atoms with E-state index >= 15 is 0 Å². The van der Waals surface area contributed by atoms with Gasteiger partial charge in [-0.05, 0) is 13.3 Å². The van der Waals surface area contributed by atoms with Gasteiger partial charge in [0.1, 0.15) is 6.10 Å². The molecule has 4 atom stereocenters. The molecule has 0 bridgehead atoms. The first kappa shape index (κ1) is 17.8. The summed E-state index contributed by atoms with van der Waals surface area (Å²) >= 11 is 0. The predicted octanol–water partition coefficient (Wildman–Crippen LogP) is -0.0673. The fourth-order valence-corrected chi connectivity index (χ4v) is 2.68. The lowest BCUT2D eigenvalue weighted by Crippen LogP contribution is -2.46. The van der Waals surface area contributed by atoms with Gasteiger partial charge in [0.25, 0.3) is 5.56 Å². The minimum absolute atomic E-state index is 0.230. The molecule has 0 spiro atoms. The summed E-state index contributed by atoms with van der Waals surface area (Å²) in [5, 5.41) is 20.2. The lowest BCUT2D eigenvalue weighted by atomic mass is 10.1. The monoisotopic (exact) mass is 331 g/mol. The zero-order valence-electron chi connectivity index (χ0n) is 13.1. The first-order valence-corrected chi connectivity index (χ1v) is 7.58. The van der Waals surface area contributed by atoms with Crippen LogP contribution in [0.3, 0.4) is 0 Å². The van der Waals surface area contributed by atoms with Crippen LogP contribution in [0.2, 0.25) is 0 Å². The Bertz CT molecular complexity index is 646. The number of aromatic nitrogens is 2. The van der Waals surface area contributed by atoms with Gasteiger partial charge < -0.3 is 15.1 Å². The van der Waals surface area contributed by atoms with Crippen molar-refractivity contribution in [1.82, 2.24) is 14.6 Å². The van der Waals surface area contributed by atoms with Gasteiger partial charge in [-0.2, -0.15) is 5.06 Å². The summed E-state index contributed by atoms with van der Waals surface area (Å²) in [6.07, 6.45) is -1.36. The van der Waals surface area contributed by atoms with Crippen molar-refractivity contribution in [3.05, 3.63) is 32.6 Å². The Morgan fingerprint density at radius 3 is 2.78 bits per heavy atom. The molecule has 1 fully saturated rings. The highest BCUT2D eigenvalue weighted by Gasteiger charge is 2.48. The summed E-state index contributed by atoms with van der Waals surface area (Å²) in [4.78, 5) is 25.4. The number of nitrogens with one attached hydrogen (secondary N) is 1. The number of unbranched alkanes of at least 4 members (excludes halogenated alkanes) is 1. The van der Waals surface area contributed by atoms with Gasteiger partial charge >= 0.3 is 5.69 Å². The second-order valence-electron chi connectivity index (χ2n) is 5.68. The lowest BCUT2D eigenvalue weighted by molar-refractivity contribution is -0.155. The normalized spacial score (nSPS) is 27.7. The average Bonchev–Trinajstić information content (AvgIpc) is 2.85. The standard InChI is InChI=1S/C14H22FN3O5/c1-3-4-5-18(22)11-9(7-19)23-13(10(11)15)17-6-8(2)12(20)16-14(17)21/h6,9-11,13,19,22H,3-5,7H2,1-2H3,(H,16,20,21)/t9-,10+,11+,13?/m1/s1. The Kier molecular flexibility index (Phi) is 5.69. The molecule has 0 aromatic carbocycles. The molecule has 1 aromatic heterocycles. The highest BCUT2D eigenvalue weighted by atomic mass is 19.1. The number of halogens is 1. The van der Waals surface area contributed by atoms with Gasteiger partial charge in [-0.1, -0.05) is 13.3 Å². The molecular weight excluding hydrogens is 309 g/mol. The molecule has 23 heavy (non-hydrogen) atoms. The molecule has 3 N–H and O–H groups in total. The average molecular weight is 331 g/mol. The summed E-state index contributed by atoms with van der Waals surface area (Å²) in [6, 6.07) is -1.09. The molecule has 0 radical (unpaired) electrons. The molecule has 9 heteroatoms. The van der Waals surface area contributed by atoms with E-state index in [1.165, 1.54) is 13.1 Å². The van der Waals surface area contributed by atoms with Gasteiger partial charge in [0, 0.05) is 18.3 Å². The van der Waals surface area contributed by atoms with Crippen LogP contribution in [0.5, 0.6) is 0 Å². The summed E-state index contributed by atoms with van der Waals surface area (Å²) in [5.41, 5.74) is -1.12. The molecule has 0 saturated carbocycles. The fourth-order valence-electron chi connectivity index (χ4n) is 2.68. The number of aliphatic hydroxyl groups is 1. The number of H-pyrrole nitrogens is 1. The largest absolute Gasteiger partial charge is 0.394 e. The number of aromatic amines is 1. The smallest absolute Gasteiger partial charge is 0.330 e. The van der Waals surface area contributed by atoms with Crippen molar-refractivity contribution in [2.75, 3.05) is 13.2 Å². The number of nitrogens with zero attached hydrogens (tertiary/aromatic N) is 2. The first-order chi connectivity index (χ1) is 10.9. The molecule has 1 aliphatic rings. The van der Waals surface area contributed by atoms with Gasteiger partial charge in [-0.3, -0.25) is 14.3 Å². The Morgan fingerprint density at radius 1 is 1.48 bits per heavy atom. The van der Waals surface area contributed by atoms with Gasteiger partial charge in [0.2, 0.25) is 0 Å². The molecule has 130 valence electrons. The van der Waals surface area contributed by atoms with Crippen molar-refractivity contribution in [2.45, 2.75) is 51.2 Å². The molecule has 0 aliphatic carbocycles. The lowest BCUT2D eigenvalue weighted by Gasteiger charge is -2.26. The van der Waals surface area contributed by atoms with Crippen molar-refractivity contribution in [2.24, 2.45) is 0 Å².